The zero-order valence-electron chi connectivity index (χ0n) is 9.78. The lowest BCUT2D eigenvalue weighted by Crippen LogP contribution is -2.39. The lowest BCUT2D eigenvalue weighted by Gasteiger charge is -2.30. The number of nitrogens with one attached hydrogen (secondary N) is 1. The summed E-state index contributed by atoms with van der Waals surface area (Å²) in [5.41, 5.74) is 1.64. The number of anilines is 1. The SMILES string of the molecule is CN(c1c[nH]c2ccccc12)C(C)(C)C#N. The van der Waals surface area contributed by atoms with E-state index in [9.17, 15) is 0 Å². The summed E-state index contributed by atoms with van der Waals surface area (Å²) in [6.45, 7) is 3.82. The summed E-state index contributed by atoms with van der Waals surface area (Å²) in [7, 11) is 1.94. The molecule has 0 aliphatic rings. The minimum atomic E-state index is -0.509. The predicted molar refractivity (Wildman–Crippen MR) is 66.4 cm³/mol. The first-order valence-corrected chi connectivity index (χ1v) is 5.27. The summed E-state index contributed by atoms with van der Waals surface area (Å²) < 4.78 is 0. The van der Waals surface area contributed by atoms with E-state index in [1.165, 1.54) is 0 Å². The number of benzene rings is 1. The van der Waals surface area contributed by atoms with Gasteiger partial charge in [0.25, 0.3) is 0 Å². The van der Waals surface area contributed by atoms with Crippen LogP contribution in [-0.2, 0) is 0 Å². The second-order valence-corrected chi connectivity index (χ2v) is 4.45. The van der Waals surface area contributed by atoms with Gasteiger partial charge in [-0.2, -0.15) is 5.26 Å². The highest BCUT2D eigenvalue weighted by Crippen LogP contribution is 2.29. The van der Waals surface area contributed by atoms with Gasteiger partial charge in [0.05, 0.1) is 11.8 Å². The van der Waals surface area contributed by atoms with Gasteiger partial charge in [0.2, 0.25) is 0 Å². The molecule has 2 aromatic rings. The van der Waals surface area contributed by atoms with Crippen molar-refractivity contribution in [1.29, 1.82) is 5.26 Å². The van der Waals surface area contributed by atoms with Crippen LogP contribution in [-0.4, -0.2) is 17.6 Å². The van der Waals surface area contributed by atoms with Gasteiger partial charge in [-0.15, -0.1) is 0 Å². The molecule has 3 heteroatoms. The second kappa shape index (κ2) is 3.57. The van der Waals surface area contributed by atoms with Gasteiger partial charge in [0.1, 0.15) is 5.54 Å². The molecule has 0 aliphatic carbocycles. The molecule has 1 heterocycles. The smallest absolute Gasteiger partial charge is 0.121 e. The van der Waals surface area contributed by atoms with Crippen LogP contribution in [0, 0.1) is 11.3 Å². The Morgan fingerprint density at radius 3 is 2.69 bits per heavy atom. The van der Waals surface area contributed by atoms with Crippen molar-refractivity contribution in [2.45, 2.75) is 19.4 Å². The van der Waals surface area contributed by atoms with E-state index >= 15 is 0 Å². The Bertz CT molecular complexity index is 546. The highest BCUT2D eigenvalue weighted by Gasteiger charge is 2.24. The van der Waals surface area contributed by atoms with Gasteiger partial charge in [-0.25, -0.2) is 0 Å². The number of nitriles is 1. The Morgan fingerprint density at radius 1 is 1.31 bits per heavy atom. The number of para-hydroxylation sites is 1. The average Bonchev–Trinajstić information content (AvgIpc) is 2.71. The fourth-order valence-electron chi connectivity index (χ4n) is 1.71. The predicted octanol–water partition coefficient (Wildman–Crippen LogP) is 2.91. The highest BCUT2D eigenvalue weighted by molar-refractivity contribution is 5.93. The van der Waals surface area contributed by atoms with E-state index in [0.717, 1.165) is 16.6 Å². The lowest BCUT2D eigenvalue weighted by molar-refractivity contribution is 0.619. The van der Waals surface area contributed by atoms with E-state index in [2.05, 4.69) is 17.1 Å². The number of H-pyrrole nitrogens is 1. The fraction of sp³-hybridized carbons (Fsp3) is 0.308. The first-order chi connectivity index (χ1) is 7.56. The molecule has 1 N–H and O–H groups in total. The maximum absolute atomic E-state index is 9.13. The number of hydrogen-bond acceptors (Lipinski definition) is 2. The Balaban J connectivity index is 2.53. The Labute approximate surface area is 95.3 Å². The zero-order valence-corrected chi connectivity index (χ0v) is 9.78. The van der Waals surface area contributed by atoms with E-state index in [1.54, 1.807) is 0 Å². The number of aromatic amines is 1. The van der Waals surface area contributed by atoms with Crippen LogP contribution < -0.4 is 4.90 Å². The Kier molecular flexibility index (Phi) is 2.35. The molecule has 16 heavy (non-hydrogen) atoms. The maximum atomic E-state index is 9.13. The van der Waals surface area contributed by atoms with Crippen LogP contribution in [0.1, 0.15) is 13.8 Å². The van der Waals surface area contributed by atoms with Gasteiger partial charge < -0.3 is 9.88 Å². The summed E-state index contributed by atoms with van der Waals surface area (Å²) in [4.78, 5) is 5.21. The van der Waals surface area contributed by atoms with Crippen LogP contribution >= 0.6 is 0 Å². The van der Waals surface area contributed by atoms with Crippen LogP contribution in [0.25, 0.3) is 10.9 Å². The summed E-state index contributed by atoms with van der Waals surface area (Å²) in [5.74, 6) is 0. The standard InChI is InChI=1S/C13H15N3/c1-13(2,9-14)16(3)12-8-15-11-7-5-4-6-10(11)12/h4-8,15H,1-3H3. The zero-order chi connectivity index (χ0) is 11.8. The summed E-state index contributed by atoms with van der Waals surface area (Å²) >= 11 is 0. The van der Waals surface area contributed by atoms with Gasteiger partial charge in [-0.05, 0) is 19.9 Å². The topological polar surface area (TPSA) is 42.8 Å². The van der Waals surface area contributed by atoms with Crippen molar-refractivity contribution in [1.82, 2.24) is 4.98 Å². The number of nitrogens with zero attached hydrogens (tertiary/aromatic N) is 2. The summed E-state index contributed by atoms with van der Waals surface area (Å²) in [6, 6.07) is 10.4. The molecule has 0 atom stereocenters. The van der Waals surface area contributed by atoms with Crippen molar-refractivity contribution in [2.75, 3.05) is 11.9 Å². The molecule has 3 nitrogen and oxygen atoms in total. The second-order valence-electron chi connectivity index (χ2n) is 4.45. The van der Waals surface area contributed by atoms with Gasteiger partial charge in [-0.3, -0.25) is 0 Å². The number of hydrogen-bond donors (Lipinski definition) is 1. The van der Waals surface area contributed by atoms with Gasteiger partial charge in [-0.1, -0.05) is 18.2 Å². The van der Waals surface area contributed by atoms with Crippen LogP contribution in [0.4, 0.5) is 5.69 Å². The molecule has 0 unspecified atom stereocenters. The number of fused-ring (bicyclic) bond motifs is 1. The minimum absolute atomic E-state index is 0.509. The molecular weight excluding hydrogens is 198 g/mol. The molecule has 0 saturated carbocycles. The first kappa shape index (κ1) is 10.6. The average molecular weight is 213 g/mol. The van der Waals surface area contributed by atoms with Crippen molar-refractivity contribution in [3.63, 3.8) is 0 Å². The fourth-order valence-corrected chi connectivity index (χ4v) is 1.71. The quantitative estimate of drug-likeness (QED) is 0.833. The largest absolute Gasteiger partial charge is 0.359 e. The van der Waals surface area contributed by atoms with Gasteiger partial charge >= 0.3 is 0 Å². The van der Waals surface area contributed by atoms with Crippen LogP contribution in [0.3, 0.4) is 0 Å². The van der Waals surface area contributed by atoms with Crippen molar-refractivity contribution in [3.05, 3.63) is 30.5 Å². The van der Waals surface area contributed by atoms with E-state index in [0.29, 0.717) is 0 Å². The third-order valence-corrected chi connectivity index (χ3v) is 3.04. The third kappa shape index (κ3) is 1.53. The monoisotopic (exact) mass is 213 g/mol. The molecule has 0 saturated heterocycles. The normalized spacial score (nSPS) is 11.4. The Hall–Kier alpha value is -1.95. The van der Waals surface area contributed by atoms with E-state index in [1.807, 2.05) is 50.2 Å². The van der Waals surface area contributed by atoms with E-state index in [4.69, 9.17) is 5.26 Å². The third-order valence-electron chi connectivity index (χ3n) is 3.04. The van der Waals surface area contributed by atoms with Crippen LogP contribution in [0.5, 0.6) is 0 Å². The molecule has 1 aromatic carbocycles. The minimum Gasteiger partial charge on any atom is -0.359 e. The van der Waals surface area contributed by atoms with E-state index in [-0.39, 0.29) is 0 Å². The summed E-state index contributed by atoms with van der Waals surface area (Å²) in [5, 5.41) is 10.3. The number of aromatic nitrogens is 1. The highest BCUT2D eigenvalue weighted by atomic mass is 15.2. The van der Waals surface area contributed by atoms with Crippen LogP contribution in [0.15, 0.2) is 30.5 Å². The molecular formula is C13H15N3. The lowest BCUT2D eigenvalue weighted by atomic mass is 10.0. The van der Waals surface area contributed by atoms with Gasteiger partial charge in [0, 0.05) is 24.1 Å². The van der Waals surface area contributed by atoms with E-state index < -0.39 is 5.54 Å². The molecule has 0 fully saturated rings. The van der Waals surface area contributed by atoms with Crippen molar-refractivity contribution < 1.29 is 0 Å². The summed E-state index contributed by atoms with van der Waals surface area (Å²) in [6.07, 6.45) is 1.95. The molecule has 0 bridgehead atoms. The molecule has 0 spiro atoms. The van der Waals surface area contributed by atoms with Crippen LogP contribution in [0.2, 0.25) is 0 Å². The van der Waals surface area contributed by atoms with Gasteiger partial charge in [0.15, 0.2) is 0 Å². The molecule has 0 aliphatic heterocycles. The van der Waals surface area contributed by atoms with Crippen molar-refractivity contribution in [3.8, 4) is 6.07 Å². The molecule has 82 valence electrons. The van der Waals surface area contributed by atoms with Crippen molar-refractivity contribution >= 4 is 16.6 Å². The maximum Gasteiger partial charge on any atom is 0.121 e. The Morgan fingerprint density at radius 2 is 2.00 bits per heavy atom. The molecule has 2 rings (SSSR count). The van der Waals surface area contributed by atoms with Crippen molar-refractivity contribution in [2.24, 2.45) is 0 Å². The number of rotatable bonds is 2. The molecule has 0 radical (unpaired) electrons. The molecule has 1 aromatic heterocycles. The first-order valence-electron chi connectivity index (χ1n) is 5.27. The molecule has 0 amide bonds.